The molecule has 6 nitrogen and oxygen atoms in total. The number of methoxy groups -OCH3 is 1. The molecule has 0 aliphatic heterocycles. The summed E-state index contributed by atoms with van der Waals surface area (Å²) in [6, 6.07) is 19.8. The molecule has 2 N–H and O–H groups in total. The summed E-state index contributed by atoms with van der Waals surface area (Å²) in [6.45, 7) is 0. The molecule has 4 rings (SSSR count). The van der Waals surface area contributed by atoms with Gasteiger partial charge in [0.05, 0.1) is 28.6 Å². The molecule has 4 aromatic rings. The molecular formula is C24H18N2O4S. The normalized spacial score (nSPS) is 11.0. The number of aromatic carboxylic acids is 1. The number of para-hydroxylation sites is 1. The Hall–Kier alpha value is -3.97. The van der Waals surface area contributed by atoms with E-state index >= 15 is 0 Å². The Kier molecular flexibility index (Phi) is 5.77. The van der Waals surface area contributed by atoms with Crippen molar-refractivity contribution >= 4 is 51.3 Å². The number of anilines is 1. The quantitative estimate of drug-likeness (QED) is 0.399. The number of amides is 1. The molecule has 1 heterocycles. The number of fused-ring (bicyclic) bond motifs is 1. The van der Waals surface area contributed by atoms with Gasteiger partial charge in [0.15, 0.2) is 5.01 Å². The van der Waals surface area contributed by atoms with Crippen LogP contribution in [0.2, 0.25) is 0 Å². The standard InChI is InChI=1S/C24H18N2O4S/c1-30-17-6-4-5-15(13-17)9-10-16-11-12-18(24(28)29)20(14-16)25-22(27)23-26-19-7-2-3-8-21(19)31-23/h2-14H,1H3,(H,25,27)(H,28,29). The summed E-state index contributed by atoms with van der Waals surface area (Å²) in [5, 5.41) is 12.5. The van der Waals surface area contributed by atoms with Gasteiger partial charge in [-0.05, 0) is 47.5 Å². The molecule has 0 unspecified atom stereocenters. The highest BCUT2D eigenvalue weighted by Crippen LogP contribution is 2.25. The van der Waals surface area contributed by atoms with Crippen LogP contribution in [-0.2, 0) is 0 Å². The first kappa shape index (κ1) is 20.3. The van der Waals surface area contributed by atoms with E-state index in [4.69, 9.17) is 4.74 Å². The topological polar surface area (TPSA) is 88.5 Å². The number of thiazole rings is 1. The molecule has 0 bridgehead atoms. The minimum atomic E-state index is -1.12. The lowest BCUT2D eigenvalue weighted by Crippen LogP contribution is -2.14. The number of carbonyl (C=O) groups is 2. The van der Waals surface area contributed by atoms with Gasteiger partial charge in [-0.1, -0.05) is 42.5 Å². The van der Waals surface area contributed by atoms with Crippen molar-refractivity contribution in [2.24, 2.45) is 0 Å². The maximum absolute atomic E-state index is 12.7. The van der Waals surface area contributed by atoms with Crippen molar-refractivity contribution < 1.29 is 19.4 Å². The molecule has 1 aromatic heterocycles. The summed E-state index contributed by atoms with van der Waals surface area (Å²) in [6.07, 6.45) is 3.73. The fourth-order valence-corrected chi connectivity index (χ4v) is 3.90. The molecule has 0 atom stereocenters. The second-order valence-electron chi connectivity index (χ2n) is 6.66. The van der Waals surface area contributed by atoms with Crippen LogP contribution < -0.4 is 10.1 Å². The molecule has 0 saturated carbocycles. The number of nitrogens with zero attached hydrogens (tertiary/aromatic N) is 1. The number of carboxylic acids is 1. The van der Waals surface area contributed by atoms with Crippen LogP contribution in [0.5, 0.6) is 5.75 Å². The molecule has 0 fully saturated rings. The Labute approximate surface area is 182 Å². The van der Waals surface area contributed by atoms with Crippen molar-refractivity contribution in [2.45, 2.75) is 0 Å². The number of ether oxygens (including phenoxy) is 1. The van der Waals surface area contributed by atoms with E-state index < -0.39 is 11.9 Å². The van der Waals surface area contributed by atoms with E-state index in [-0.39, 0.29) is 16.3 Å². The predicted octanol–water partition coefficient (Wildman–Crippen LogP) is 5.43. The van der Waals surface area contributed by atoms with Crippen molar-refractivity contribution in [3.63, 3.8) is 0 Å². The molecule has 0 aliphatic carbocycles. The SMILES string of the molecule is COc1cccc(C=Cc2ccc(C(=O)O)c(NC(=O)c3nc4ccccc4s3)c2)c1. The van der Waals surface area contributed by atoms with E-state index in [0.717, 1.165) is 27.1 Å². The number of rotatable bonds is 6. The van der Waals surface area contributed by atoms with Crippen LogP contribution in [0.25, 0.3) is 22.4 Å². The molecule has 0 aliphatic rings. The third-order valence-electron chi connectivity index (χ3n) is 4.57. The second kappa shape index (κ2) is 8.81. The summed E-state index contributed by atoms with van der Waals surface area (Å²) in [7, 11) is 1.61. The van der Waals surface area contributed by atoms with Crippen LogP contribution in [0.1, 0.15) is 31.3 Å². The number of carboxylic acid groups (broad SMARTS) is 1. The highest BCUT2D eigenvalue weighted by atomic mass is 32.1. The molecular weight excluding hydrogens is 412 g/mol. The fraction of sp³-hybridized carbons (Fsp3) is 0.0417. The fourth-order valence-electron chi connectivity index (χ4n) is 3.04. The summed E-state index contributed by atoms with van der Waals surface area (Å²) >= 11 is 1.26. The predicted molar refractivity (Wildman–Crippen MR) is 123 cm³/mol. The maximum atomic E-state index is 12.7. The number of nitrogens with one attached hydrogen (secondary N) is 1. The monoisotopic (exact) mass is 430 g/mol. The van der Waals surface area contributed by atoms with Crippen LogP contribution in [0.4, 0.5) is 5.69 Å². The first-order valence-electron chi connectivity index (χ1n) is 9.40. The van der Waals surface area contributed by atoms with Crippen LogP contribution in [-0.4, -0.2) is 29.1 Å². The van der Waals surface area contributed by atoms with Gasteiger partial charge in [-0.15, -0.1) is 11.3 Å². The Bertz CT molecular complexity index is 1280. The zero-order chi connectivity index (χ0) is 21.8. The first-order chi connectivity index (χ1) is 15.0. The lowest BCUT2D eigenvalue weighted by Gasteiger charge is -2.08. The summed E-state index contributed by atoms with van der Waals surface area (Å²) in [5.41, 5.74) is 2.62. The molecule has 31 heavy (non-hydrogen) atoms. The Balaban J connectivity index is 1.61. The molecule has 0 saturated heterocycles. The number of hydrogen-bond donors (Lipinski definition) is 2. The van der Waals surface area contributed by atoms with Crippen molar-refractivity contribution in [3.8, 4) is 5.75 Å². The Morgan fingerprint density at radius 2 is 1.77 bits per heavy atom. The number of aromatic nitrogens is 1. The van der Waals surface area contributed by atoms with Crippen molar-refractivity contribution in [2.75, 3.05) is 12.4 Å². The van der Waals surface area contributed by atoms with Gasteiger partial charge in [0.2, 0.25) is 0 Å². The average Bonchev–Trinajstić information content (AvgIpc) is 3.22. The van der Waals surface area contributed by atoms with E-state index in [1.807, 2.05) is 60.7 Å². The maximum Gasteiger partial charge on any atom is 0.337 e. The van der Waals surface area contributed by atoms with Crippen LogP contribution in [0.15, 0.2) is 66.7 Å². The van der Waals surface area contributed by atoms with E-state index in [1.165, 1.54) is 17.4 Å². The second-order valence-corrected chi connectivity index (χ2v) is 7.69. The van der Waals surface area contributed by atoms with Gasteiger partial charge in [0.25, 0.3) is 5.91 Å². The van der Waals surface area contributed by atoms with Crippen LogP contribution in [0, 0.1) is 0 Å². The van der Waals surface area contributed by atoms with Crippen molar-refractivity contribution in [1.82, 2.24) is 4.98 Å². The summed E-state index contributed by atoms with van der Waals surface area (Å²) in [4.78, 5) is 28.7. The average molecular weight is 430 g/mol. The number of carbonyl (C=O) groups excluding carboxylic acids is 1. The van der Waals surface area contributed by atoms with Crippen LogP contribution >= 0.6 is 11.3 Å². The molecule has 7 heteroatoms. The zero-order valence-electron chi connectivity index (χ0n) is 16.5. The van der Waals surface area contributed by atoms with E-state index in [9.17, 15) is 14.7 Å². The number of hydrogen-bond acceptors (Lipinski definition) is 5. The molecule has 0 spiro atoms. The molecule has 3 aromatic carbocycles. The van der Waals surface area contributed by atoms with E-state index in [0.29, 0.717) is 0 Å². The minimum Gasteiger partial charge on any atom is -0.497 e. The highest BCUT2D eigenvalue weighted by Gasteiger charge is 2.17. The zero-order valence-corrected chi connectivity index (χ0v) is 17.3. The first-order valence-corrected chi connectivity index (χ1v) is 10.2. The van der Waals surface area contributed by atoms with Crippen molar-refractivity contribution in [1.29, 1.82) is 0 Å². The Morgan fingerprint density at radius 3 is 2.52 bits per heavy atom. The van der Waals surface area contributed by atoms with Gasteiger partial charge in [0.1, 0.15) is 5.75 Å². The molecule has 154 valence electrons. The van der Waals surface area contributed by atoms with E-state index in [1.54, 1.807) is 19.2 Å². The summed E-state index contributed by atoms with van der Waals surface area (Å²) in [5.74, 6) is -0.826. The smallest absolute Gasteiger partial charge is 0.337 e. The van der Waals surface area contributed by atoms with Gasteiger partial charge in [-0.2, -0.15) is 0 Å². The lowest BCUT2D eigenvalue weighted by molar-refractivity contribution is 0.0698. The van der Waals surface area contributed by atoms with Crippen LogP contribution in [0.3, 0.4) is 0 Å². The van der Waals surface area contributed by atoms with Gasteiger partial charge in [-0.25, -0.2) is 9.78 Å². The summed E-state index contributed by atoms with van der Waals surface area (Å²) < 4.78 is 6.11. The molecule has 1 amide bonds. The largest absolute Gasteiger partial charge is 0.497 e. The molecule has 0 radical (unpaired) electrons. The Morgan fingerprint density at radius 1 is 1.00 bits per heavy atom. The third kappa shape index (κ3) is 4.62. The van der Waals surface area contributed by atoms with E-state index in [2.05, 4.69) is 10.3 Å². The van der Waals surface area contributed by atoms with Crippen molar-refractivity contribution in [3.05, 3.63) is 88.4 Å². The van der Waals surface area contributed by atoms with Gasteiger partial charge in [-0.3, -0.25) is 4.79 Å². The van der Waals surface area contributed by atoms with Gasteiger partial charge >= 0.3 is 5.97 Å². The minimum absolute atomic E-state index is 0.00740. The third-order valence-corrected chi connectivity index (χ3v) is 5.61. The lowest BCUT2D eigenvalue weighted by atomic mass is 10.1. The van der Waals surface area contributed by atoms with Gasteiger partial charge in [0, 0.05) is 0 Å². The highest BCUT2D eigenvalue weighted by molar-refractivity contribution is 7.20. The van der Waals surface area contributed by atoms with Gasteiger partial charge < -0.3 is 15.2 Å². The number of benzene rings is 3.